The molecule has 1 fully saturated rings. The summed E-state index contributed by atoms with van der Waals surface area (Å²) >= 11 is 0. The third-order valence-corrected chi connectivity index (χ3v) is 4.90. The van der Waals surface area contributed by atoms with Crippen LogP contribution in [0.15, 0.2) is 30.3 Å². The predicted octanol–water partition coefficient (Wildman–Crippen LogP) is 1.98. The molecule has 136 valence electrons. The summed E-state index contributed by atoms with van der Waals surface area (Å²) in [5.41, 5.74) is 1.78. The molecule has 1 saturated carbocycles. The summed E-state index contributed by atoms with van der Waals surface area (Å²) in [6.07, 6.45) is -0.982. The number of carbonyl (C=O) groups excluding carboxylic acids is 3. The minimum atomic E-state index is -1.60. The number of hydrogen-bond acceptors (Lipinski definition) is 7. The summed E-state index contributed by atoms with van der Waals surface area (Å²) in [5.74, 6) is -2.96. The van der Waals surface area contributed by atoms with Crippen molar-refractivity contribution in [3.8, 4) is 0 Å². The predicted molar refractivity (Wildman–Crippen MR) is 89.4 cm³/mol. The van der Waals surface area contributed by atoms with Crippen LogP contribution in [0, 0.1) is 17.3 Å². The van der Waals surface area contributed by atoms with Crippen molar-refractivity contribution in [3.05, 3.63) is 30.3 Å². The van der Waals surface area contributed by atoms with E-state index in [-0.39, 0.29) is 12.2 Å². The molecule has 25 heavy (non-hydrogen) atoms. The number of anilines is 1. The monoisotopic (exact) mass is 349 g/mol. The maximum absolute atomic E-state index is 12.5. The van der Waals surface area contributed by atoms with E-state index in [4.69, 9.17) is 14.3 Å². The molecule has 0 heterocycles. The van der Waals surface area contributed by atoms with E-state index < -0.39 is 35.3 Å². The number of carbonyl (C=O) groups is 3. The van der Waals surface area contributed by atoms with Gasteiger partial charge in [0.15, 0.2) is 11.2 Å². The summed E-state index contributed by atoms with van der Waals surface area (Å²) in [7, 11) is 2.42. The Labute approximate surface area is 146 Å². The molecule has 3 atom stereocenters. The highest BCUT2D eigenvalue weighted by atomic mass is 16.7. The van der Waals surface area contributed by atoms with Crippen LogP contribution >= 0.6 is 0 Å². The number of ketones is 1. The Balaban J connectivity index is 2.33. The summed E-state index contributed by atoms with van der Waals surface area (Å²) in [5, 5.41) is 0. The van der Waals surface area contributed by atoms with Gasteiger partial charge in [-0.25, -0.2) is 0 Å². The molecule has 7 nitrogen and oxygen atoms in total. The first-order valence-corrected chi connectivity index (χ1v) is 8.05. The number of nitrogens with one attached hydrogen (secondary N) is 1. The minimum absolute atomic E-state index is 0.00960. The van der Waals surface area contributed by atoms with Crippen molar-refractivity contribution < 1.29 is 28.7 Å². The van der Waals surface area contributed by atoms with E-state index in [0.29, 0.717) is 5.69 Å². The number of hydrogen-bond donors (Lipinski definition) is 1. The van der Waals surface area contributed by atoms with Gasteiger partial charge in [-0.05, 0) is 18.1 Å². The third kappa shape index (κ3) is 3.24. The van der Waals surface area contributed by atoms with Gasteiger partial charge in [-0.3, -0.25) is 24.7 Å². The van der Waals surface area contributed by atoms with Gasteiger partial charge in [0.1, 0.15) is 6.10 Å². The average molecular weight is 349 g/mol. The minimum Gasteiger partial charge on any atom is -0.468 e. The van der Waals surface area contributed by atoms with Crippen LogP contribution in [0.3, 0.4) is 0 Å². The quantitative estimate of drug-likeness (QED) is 0.494. The summed E-state index contributed by atoms with van der Waals surface area (Å²) in [4.78, 5) is 43.1. The van der Waals surface area contributed by atoms with Gasteiger partial charge in [-0.2, -0.15) is 0 Å². The van der Waals surface area contributed by atoms with E-state index in [2.05, 4.69) is 5.48 Å². The van der Waals surface area contributed by atoms with Gasteiger partial charge in [0, 0.05) is 12.3 Å². The fraction of sp³-hybridized carbons (Fsp3) is 0.500. The smallest absolute Gasteiger partial charge is 0.323 e. The number of rotatable bonds is 5. The molecule has 2 rings (SSSR count). The van der Waals surface area contributed by atoms with E-state index in [0.717, 1.165) is 0 Å². The highest BCUT2D eigenvalue weighted by Gasteiger charge is 2.63. The fourth-order valence-electron chi connectivity index (χ4n) is 3.55. The largest absolute Gasteiger partial charge is 0.468 e. The van der Waals surface area contributed by atoms with Crippen LogP contribution < -0.4 is 5.48 Å². The number of ether oxygens (including phenoxy) is 2. The first-order valence-electron chi connectivity index (χ1n) is 8.05. The molecular formula is C18H23NO6. The fourth-order valence-corrected chi connectivity index (χ4v) is 3.55. The van der Waals surface area contributed by atoms with E-state index in [9.17, 15) is 14.4 Å². The summed E-state index contributed by atoms with van der Waals surface area (Å²) < 4.78 is 9.75. The van der Waals surface area contributed by atoms with Crippen LogP contribution in [0.5, 0.6) is 0 Å². The van der Waals surface area contributed by atoms with Crippen molar-refractivity contribution in [2.24, 2.45) is 17.3 Å². The third-order valence-electron chi connectivity index (χ3n) is 4.90. The first kappa shape index (κ1) is 18.9. The molecule has 0 bridgehead atoms. The zero-order valence-electron chi connectivity index (χ0n) is 14.8. The van der Waals surface area contributed by atoms with Crippen molar-refractivity contribution in [2.45, 2.75) is 26.4 Å². The SMILES string of the molecule is COC(=O)C1(C(=O)OC)[C@H](C)CC(=O)[C@H](ONc2ccccc2)[C@@H]1C. The van der Waals surface area contributed by atoms with Gasteiger partial charge < -0.3 is 9.47 Å². The van der Waals surface area contributed by atoms with Crippen LogP contribution in [-0.2, 0) is 28.7 Å². The standard InChI is InChI=1S/C18H23NO6/c1-11-10-14(20)15(25-19-13-8-6-5-7-9-13)12(2)18(11,16(21)23-3)17(22)24-4/h5-9,11-12,15,19H,10H2,1-4H3/t11-,12+,15-/m1/s1. The maximum atomic E-state index is 12.5. The van der Waals surface area contributed by atoms with Crippen molar-refractivity contribution >= 4 is 23.4 Å². The van der Waals surface area contributed by atoms with Gasteiger partial charge in [0.2, 0.25) is 0 Å². The molecule has 0 aliphatic heterocycles. The van der Waals surface area contributed by atoms with Crippen molar-refractivity contribution in [1.82, 2.24) is 0 Å². The zero-order chi connectivity index (χ0) is 18.6. The van der Waals surface area contributed by atoms with Crippen LogP contribution in [0.1, 0.15) is 20.3 Å². The molecule has 0 radical (unpaired) electrons. The topological polar surface area (TPSA) is 90.9 Å². The highest BCUT2D eigenvalue weighted by molar-refractivity contribution is 6.03. The van der Waals surface area contributed by atoms with Gasteiger partial charge in [0.05, 0.1) is 19.9 Å². The lowest BCUT2D eigenvalue weighted by Gasteiger charge is -2.44. The zero-order valence-corrected chi connectivity index (χ0v) is 14.8. The Hall–Kier alpha value is -2.41. The highest BCUT2D eigenvalue weighted by Crippen LogP contribution is 2.47. The summed E-state index contributed by atoms with van der Waals surface area (Å²) in [6, 6.07) is 9.02. The molecule has 7 heteroatoms. The second-order valence-electron chi connectivity index (χ2n) is 6.22. The molecule has 0 spiro atoms. The van der Waals surface area contributed by atoms with Crippen molar-refractivity contribution in [2.75, 3.05) is 19.7 Å². The van der Waals surface area contributed by atoms with Crippen LogP contribution in [0.25, 0.3) is 0 Å². The van der Waals surface area contributed by atoms with Crippen molar-refractivity contribution in [1.29, 1.82) is 0 Å². The molecule has 1 aromatic carbocycles. The molecule has 0 aromatic heterocycles. The van der Waals surface area contributed by atoms with Gasteiger partial charge in [-0.1, -0.05) is 32.0 Å². The summed E-state index contributed by atoms with van der Waals surface area (Å²) in [6.45, 7) is 3.29. The molecule has 1 aromatic rings. The first-order chi connectivity index (χ1) is 11.9. The Bertz CT molecular complexity index is 628. The van der Waals surface area contributed by atoms with Crippen LogP contribution in [0.2, 0.25) is 0 Å². The Kier molecular flexibility index (Phi) is 5.79. The maximum Gasteiger partial charge on any atom is 0.323 e. The molecule has 1 aliphatic carbocycles. The van der Waals surface area contributed by atoms with Gasteiger partial charge in [0.25, 0.3) is 0 Å². The Morgan fingerprint density at radius 3 is 2.16 bits per heavy atom. The van der Waals surface area contributed by atoms with E-state index in [1.807, 2.05) is 18.2 Å². The number of Topliss-reactive ketones (excluding diaryl/α,β-unsaturated/α-hetero) is 1. The average Bonchev–Trinajstić information content (AvgIpc) is 2.61. The van der Waals surface area contributed by atoms with Crippen LogP contribution in [0.4, 0.5) is 5.69 Å². The molecular weight excluding hydrogens is 326 g/mol. The molecule has 0 unspecified atom stereocenters. The van der Waals surface area contributed by atoms with E-state index >= 15 is 0 Å². The molecule has 0 saturated heterocycles. The van der Waals surface area contributed by atoms with E-state index in [1.165, 1.54) is 14.2 Å². The second-order valence-corrected chi connectivity index (χ2v) is 6.22. The second kappa shape index (κ2) is 7.65. The Morgan fingerprint density at radius 2 is 1.64 bits per heavy atom. The van der Waals surface area contributed by atoms with Gasteiger partial charge in [-0.15, -0.1) is 0 Å². The van der Waals surface area contributed by atoms with Gasteiger partial charge >= 0.3 is 11.9 Å². The molecule has 1 aliphatic rings. The molecule has 1 N–H and O–H groups in total. The Morgan fingerprint density at radius 1 is 1.08 bits per heavy atom. The molecule has 0 amide bonds. The number of para-hydroxylation sites is 1. The normalized spacial score (nSPS) is 25.1. The lowest BCUT2D eigenvalue weighted by molar-refractivity contribution is -0.189. The van der Waals surface area contributed by atoms with E-state index in [1.54, 1.807) is 26.0 Å². The van der Waals surface area contributed by atoms with Crippen molar-refractivity contribution in [3.63, 3.8) is 0 Å². The van der Waals surface area contributed by atoms with Crippen LogP contribution in [-0.4, -0.2) is 38.0 Å². The number of benzene rings is 1. The number of methoxy groups -OCH3 is 2. The lowest BCUT2D eigenvalue weighted by Crippen LogP contribution is -2.60. The number of esters is 2. The lowest BCUT2D eigenvalue weighted by atomic mass is 9.59.